The zero-order valence-electron chi connectivity index (χ0n) is 15.8. The van der Waals surface area contributed by atoms with Crippen LogP contribution in [0.3, 0.4) is 0 Å². The molecule has 1 aliphatic carbocycles. The van der Waals surface area contributed by atoms with Crippen LogP contribution in [0.1, 0.15) is 42.9 Å². The SMILES string of the molecule is CC(=O)N1CCC(C(=O)Nc2ccc3c(c2)CCC3)(c2ccccc2)CC1. The van der Waals surface area contributed by atoms with E-state index in [0.29, 0.717) is 25.9 Å². The topological polar surface area (TPSA) is 49.4 Å². The minimum absolute atomic E-state index is 0.0369. The summed E-state index contributed by atoms with van der Waals surface area (Å²) in [4.78, 5) is 27.0. The lowest BCUT2D eigenvalue weighted by atomic mass is 9.72. The Morgan fingerprint density at radius 2 is 1.67 bits per heavy atom. The second kappa shape index (κ2) is 7.18. The summed E-state index contributed by atoms with van der Waals surface area (Å²) in [5.74, 6) is 0.116. The van der Waals surface area contributed by atoms with Crippen LogP contribution in [0, 0.1) is 0 Å². The zero-order chi connectivity index (χ0) is 18.9. The summed E-state index contributed by atoms with van der Waals surface area (Å²) in [6.07, 6.45) is 4.72. The zero-order valence-corrected chi connectivity index (χ0v) is 15.8. The van der Waals surface area contributed by atoms with Crippen LogP contribution in [0.5, 0.6) is 0 Å². The molecule has 0 spiro atoms. The van der Waals surface area contributed by atoms with Gasteiger partial charge >= 0.3 is 0 Å². The molecule has 27 heavy (non-hydrogen) atoms. The Balaban J connectivity index is 1.61. The number of rotatable bonds is 3. The molecule has 2 aromatic carbocycles. The number of amides is 2. The third-order valence-corrected chi connectivity index (χ3v) is 6.18. The number of piperidine rings is 1. The molecular weight excluding hydrogens is 336 g/mol. The van der Waals surface area contributed by atoms with Crippen molar-refractivity contribution in [2.75, 3.05) is 18.4 Å². The molecule has 0 unspecified atom stereocenters. The number of fused-ring (bicyclic) bond motifs is 1. The van der Waals surface area contributed by atoms with Gasteiger partial charge in [-0.05, 0) is 60.9 Å². The van der Waals surface area contributed by atoms with Crippen molar-refractivity contribution < 1.29 is 9.59 Å². The lowest BCUT2D eigenvalue weighted by Gasteiger charge is -2.40. The number of anilines is 1. The monoisotopic (exact) mass is 362 g/mol. The third-order valence-electron chi connectivity index (χ3n) is 6.18. The molecule has 140 valence electrons. The third kappa shape index (κ3) is 3.36. The Labute approximate surface area is 160 Å². The highest BCUT2D eigenvalue weighted by molar-refractivity contribution is 5.99. The van der Waals surface area contributed by atoms with Crippen LogP contribution in [0.25, 0.3) is 0 Å². The number of hydrogen-bond donors (Lipinski definition) is 1. The predicted octanol–water partition coefficient (Wildman–Crippen LogP) is 3.69. The highest BCUT2D eigenvalue weighted by Gasteiger charge is 2.43. The number of benzene rings is 2. The highest BCUT2D eigenvalue weighted by Crippen LogP contribution is 2.37. The van der Waals surface area contributed by atoms with E-state index < -0.39 is 5.41 Å². The number of hydrogen-bond acceptors (Lipinski definition) is 2. The van der Waals surface area contributed by atoms with Crippen LogP contribution < -0.4 is 5.32 Å². The molecule has 4 rings (SSSR count). The first-order chi connectivity index (χ1) is 13.1. The maximum Gasteiger partial charge on any atom is 0.235 e. The van der Waals surface area contributed by atoms with Crippen molar-refractivity contribution in [3.8, 4) is 0 Å². The van der Waals surface area contributed by atoms with Crippen LogP contribution >= 0.6 is 0 Å². The molecule has 0 bridgehead atoms. The smallest absolute Gasteiger partial charge is 0.235 e. The molecule has 0 atom stereocenters. The van der Waals surface area contributed by atoms with Gasteiger partial charge in [0, 0.05) is 25.7 Å². The van der Waals surface area contributed by atoms with Crippen LogP contribution in [-0.2, 0) is 27.8 Å². The lowest BCUT2D eigenvalue weighted by Crippen LogP contribution is -2.50. The first kappa shape index (κ1) is 17.8. The molecule has 0 saturated carbocycles. The van der Waals surface area contributed by atoms with Crippen molar-refractivity contribution in [2.24, 2.45) is 0 Å². The summed E-state index contributed by atoms with van der Waals surface area (Å²) in [5.41, 5.74) is 4.08. The normalized spacial score (nSPS) is 18.0. The predicted molar refractivity (Wildman–Crippen MR) is 107 cm³/mol. The largest absolute Gasteiger partial charge is 0.343 e. The van der Waals surface area contributed by atoms with Crippen LogP contribution in [-0.4, -0.2) is 29.8 Å². The van der Waals surface area contributed by atoms with Crippen molar-refractivity contribution in [1.29, 1.82) is 0 Å². The van der Waals surface area contributed by atoms with Gasteiger partial charge in [0.25, 0.3) is 0 Å². The van der Waals surface area contributed by atoms with E-state index in [2.05, 4.69) is 17.4 Å². The molecule has 2 aromatic rings. The van der Waals surface area contributed by atoms with Gasteiger partial charge < -0.3 is 10.2 Å². The van der Waals surface area contributed by atoms with Crippen molar-refractivity contribution in [2.45, 2.75) is 44.4 Å². The summed E-state index contributed by atoms with van der Waals surface area (Å²) in [5, 5.41) is 3.18. The Kier molecular flexibility index (Phi) is 4.73. The van der Waals surface area contributed by atoms with Crippen molar-refractivity contribution in [3.05, 3.63) is 65.2 Å². The van der Waals surface area contributed by atoms with Crippen molar-refractivity contribution in [1.82, 2.24) is 4.90 Å². The summed E-state index contributed by atoms with van der Waals surface area (Å²) >= 11 is 0. The molecule has 2 aliphatic rings. The molecule has 0 radical (unpaired) electrons. The van der Waals surface area contributed by atoms with E-state index >= 15 is 0 Å². The lowest BCUT2D eigenvalue weighted by molar-refractivity contribution is -0.133. The fourth-order valence-corrected chi connectivity index (χ4v) is 4.51. The second-order valence-corrected chi connectivity index (χ2v) is 7.75. The summed E-state index contributed by atoms with van der Waals surface area (Å²) in [6, 6.07) is 16.3. The van der Waals surface area contributed by atoms with Gasteiger partial charge in [-0.15, -0.1) is 0 Å². The fraction of sp³-hybridized carbons (Fsp3) is 0.391. The molecule has 4 heteroatoms. The molecule has 2 amide bonds. The summed E-state index contributed by atoms with van der Waals surface area (Å²) in [6.45, 7) is 2.82. The van der Waals surface area contributed by atoms with Crippen molar-refractivity contribution >= 4 is 17.5 Å². The number of carbonyl (C=O) groups excluding carboxylic acids is 2. The standard InChI is InChI=1S/C23H26N2O2/c1-17(26)25-14-12-23(13-15-25,20-8-3-2-4-9-20)22(27)24-21-11-10-18-6-5-7-19(18)16-21/h2-4,8-11,16H,5-7,12-15H2,1H3,(H,24,27). The molecule has 1 heterocycles. The van der Waals surface area contributed by atoms with E-state index in [0.717, 1.165) is 24.1 Å². The van der Waals surface area contributed by atoms with Crippen molar-refractivity contribution in [3.63, 3.8) is 0 Å². The van der Waals surface area contributed by atoms with Gasteiger partial charge in [-0.3, -0.25) is 9.59 Å². The fourth-order valence-electron chi connectivity index (χ4n) is 4.51. The first-order valence-corrected chi connectivity index (χ1v) is 9.83. The second-order valence-electron chi connectivity index (χ2n) is 7.75. The average molecular weight is 362 g/mol. The Morgan fingerprint density at radius 1 is 0.963 bits per heavy atom. The first-order valence-electron chi connectivity index (χ1n) is 9.83. The van der Waals surface area contributed by atoms with Crippen LogP contribution in [0.4, 0.5) is 5.69 Å². The maximum absolute atomic E-state index is 13.5. The minimum atomic E-state index is -0.591. The van der Waals surface area contributed by atoms with E-state index in [9.17, 15) is 9.59 Å². The number of nitrogens with one attached hydrogen (secondary N) is 1. The van der Waals surface area contributed by atoms with E-state index in [1.54, 1.807) is 6.92 Å². The molecule has 4 nitrogen and oxygen atoms in total. The summed E-state index contributed by atoms with van der Waals surface area (Å²) in [7, 11) is 0. The number of carbonyl (C=O) groups is 2. The summed E-state index contributed by atoms with van der Waals surface area (Å²) < 4.78 is 0. The quantitative estimate of drug-likeness (QED) is 0.905. The number of aryl methyl sites for hydroxylation is 2. The Morgan fingerprint density at radius 3 is 2.37 bits per heavy atom. The average Bonchev–Trinajstić information content (AvgIpc) is 3.16. The van der Waals surface area contributed by atoms with Crippen LogP contribution in [0.15, 0.2) is 48.5 Å². The van der Waals surface area contributed by atoms with E-state index in [1.807, 2.05) is 41.3 Å². The molecule has 1 N–H and O–H groups in total. The highest BCUT2D eigenvalue weighted by atomic mass is 16.2. The van der Waals surface area contributed by atoms with Gasteiger partial charge in [-0.1, -0.05) is 36.4 Å². The van der Waals surface area contributed by atoms with Crippen LogP contribution in [0.2, 0.25) is 0 Å². The Bertz CT molecular complexity index is 852. The molecule has 0 aromatic heterocycles. The van der Waals surface area contributed by atoms with E-state index in [4.69, 9.17) is 0 Å². The minimum Gasteiger partial charge on any atom is -0.343 e. The Hall–Kier alpha value is -2.62. The molecular formula is C23H26N2O2. The van der Waals surface area contributed by atoms with E-state index in [1.165, 1.54) is 17.5 Å². The molecule has 1 aliphatic heterocycles. The molecule has 1 fully saturated rings. The van der Waals surface area contributed by atoms with Gasteiger partial charge in [0.2, 0.25) is 11.8 Å². The van der Waals surface area contributed by atoms with Gasteiger partial charge in [0.1, 0.15) is 0 Å². The maximum atomic E-state index is 13.5. The number of likely N-dealkylation sites (tertiary alicyclic amines) is 1. The number of nitrogens with zero attached hydrogens (tertiary/aromatic N) is 1. The van der Waals surface area contributed by atoms with Gasteiger partial charge in [0.05, 0.1) is 5.41 Å². The van der Waals surface area contributed by atoms with E-state index in [-0.39, 0.29) is 11.8 Å². The molecule has 1 saturated heterocycles. The van der Waals surface area contributed by atoms with Gasteiger partial charge in [-0.25, -0.2) is 0 Å². The van der Waals surface area contributed by atoms with Gasteiger partial charge in [-0.2, -0.15) is 0 Å². The van der Waals surface area contributed by atoms with Gasteiger partial charge in [0.15, 0.2) is 0 Å².